The largest absolute Gasteiger partial charge is 0.459 e. The van der Waals surface area contributed by atoms with Crippen LogP contribution in [0.5, 0.6) is 0 Å². The molecule has 0 aromatic rings. The van der Waals surface area contributed by atoms with Crippen molar-refractivity contribution in [3.05, 3.63) is 0 Å². The molecule has 25 heavy (non-hydrogen) atoms. The first-order valence-corrected chi connectivity index (χ1v) is 17.4. The van der Waals surface area contributed by atoms with Gasteiger partial charge < -0.3 is 4.74 Å². The van der Waals surface area contributed by atoms with Gasteiger partial charge in [-0.1, -0.05) is 51.2 Å². The van der Waals surface area contributed by atoms with Gasteiger partial charge in [-0.15, -0.1) is 0 Å². The Labute approximate surface area is 159 Å². The number of hydrogen-bond acceptors (Lipinski definition) is 2. The number of rotatable bonds is 5. The minimum absolute atomic E-state index is 0.122. The first-order valence-electron chi connectivity index (χ1n) is 10.9. The molecule has 0 saturated heterocycles. The molecule has 0 N–H and O–H groups in total. The number of ether oxygens (including phenoxy) is 1. The van der Waals surface area contributed by atoms with Crippen molar-refractivity contribution in [2.24, 2.45) is 17.8 Å². The van der Waals surface area contributed by atoms with Crippen LogP contribution < -0.4 is 0 Å². The van der Waals surface area contributed by atoms with Gasteiger partial charge in [-0.2, -0.15) is 0 Å². The van der Waals surface area contributed by atoms with Crippen LogP contribution in [-0.4, -0.2) is 28.4 Å². The Balaban J connectivity index is 0.000000217. The van der Waals surface area contributed by atoms with Gasteiger partial charge in [-0.05, 0) is 63.7 Å². The van der Waals surface area contributed by atoms with E-state index in [2.05, 4.69) is 40.0 Å². The van der Waals surface area contributed by atoms with Gasteiger partial charge in [0.1, 0.15) is 5.60 Å². The third kappa shape index (κ3) is 6.23. The van der Waals surface area contributed by atoms with Gasteiger partial charge in [0.15, 0.2) is 0 Å². The summed E-state index contributed by atoms with van der Waals surface area (Å²) in [5.74, 6) is 1.86. The summed E-state index contributed by atoms with van der Waals surface area (Å²) in [6.45, 7) is 14.4. The van der Waals surface area contributed by atoms with Crippen molar-refractivity contribution < 1.29 is 9.53 Å². The smallest absolute Gasteiger partial charge is 0.309 e. The summed E-state index contributed by atoms with van der Waals surface area (Å²) in [5, 5.41) is 0. The van der Waals surface area contributed by atoms with Crippen LogP contribution in [0.15, 0.2) is 0 Å². The van der Waals surface area contributed by atoms with Crippen LogP contribution >= 0.6 is 0 Å². The molecule has 3 saturated carbocycles. The topological polar surface area (TPSA) is 26.3 Å². The normalized spacial score (nSPS) is 30.3. The lowest BCUT2D eigenvalue weighted by Crippen LogP contribution is -2.33. The van der Waals surface area contributed by atoms with Crippen molar-refractivity contribution in [1.29, 1.82) is 0 Å². The number of carbonyl (C=O) groups is 1. The summed E-state index contributed by atoms with van der Waals surface area (Å²) in [6, 6.07) is 1.47. The molecule has 0 aromatic carbocycles. The fourth-order valence-electron chi connectivity index (χ4n) is 5.33. The third-order valence-electron chi connectivity index (χ3n) is 6.97. The Morgan fingerprint density at radius 2 is 1.80 bits per heavy atom. The van der Waals surface area contributed by atoms with Gasteiger partial charge in [-0.3, -0.25) is 4.79 Å². The number of carbonyl (C=O) groups excluding carboxylic acids is 1. The zero-order valence-electron chi connectivity index (χ0n) is 17.7. The molecule has 3 aliphatic rings. The van der Waals surface area contributed by atoms with Crippen LogP contribution in [0.4, 0.5) is 0 Å². The second-order valence-corrected chi connectivity index (χ2v) is 19.9. The number of fused-ring (bicyclic) bond motifs is 2. The summed E-state index contributed by atoms with van der Waals surface area (Å²) in [6.07, 6.45) is 9.60. The molecule has 3 atom stereocenters. The second kappa shape index (κ2) is 8.73. The Morgan fingerprint density at radius 3 is 2.20 bits per heavy atom. The third-order valence-corrected chi connectivity index (χ3v) is 16.6. The minimum Gasteiger partial charge on any atom is -0.459 e. The van der Waals surface area contributed by atoms with Gasteiger partial charge in [0.05, 0.1) is 5.92 Å². The van der Waals surface area contributed by atoms with Gasteiger partial charge in [-0.25, -0.2) is 0 Å². The maximum Gasteiger partial charge on any atom is 0.309 e. The van der Waals surface area contributed by atoms with Crippen molar-refractivity contribution in [1.82, 2.24) is 0 Å². The Bertz CT molecular complexity index is 441. The van der Waals surface area contributed by atoms with E-state index in [-0.39, 0.29) is 26.3 Å². The van der Waals surface area contributed by atoms with E-state index < -0.39 is 8.07 Å². The molecule has 3 rings (SSSR count). The van der Waals surface area contributed by atoms with E-state index in [1.165, 1.54) is 38.1 Å². The molecule has 4 heteroatoms. The molecule has 0 aromatic heterocycles. The summed E-state index contributed by atoms with van der Waals surface area (Å²) >= 11 is 0. The SMILES string of the molecule is CC1(OC(=O)C2CC3CCC2C3)CCCC1.CC[Si](C)(C)C[SiH](C)C. The van der Waals surface area contributed by atoms with Gasteiger partial charge in [0.25, 0.3) is 0 Å². The van der Waals surface area contributed by atoms with E-state index in [0.29, 0.717) is 5.92 Å². The summed E-state index contributed by atoms with van der Waals surface area (Å²) in [5.41, 5.74) is 1.50. The molecule has 3 aliphatic carbocycles. The average molecular weight is 383 g/mol. The van der Waals surface area contributed by atoms with Crippen LogP contribution in [0.1, 0.15) is 65.2 Å². The zero-order chi connectivity index (χ0) is 18.7. The molecule has 0 amide bonds. The average Bonchev–Trinajstić information content (AvgIpc) is 3.23. The highest BCUT2D eigenvalue weighted by Crippen LogP contribution is 2.49. The van der Waals surface area contributed by atoms with Gasteiger partial charge >= 0.3 is 5.97 Å². The first-order chi connectivity index (χ1) is 11.6. The maximum atomic E-state index is 12.2. The summed E-state index contributed by atoms with van der Waals surface area (Å²) in [4.78, 5) is 12.2. The van der Waals surface area contributed by atoms with Crippen LogP contribution in [0.3, 0.4) is 0 Å². The molecule has 3 unspecified atom stereocenters. The Morgan fingerprint density at radius 1 is 1.16 bits per heavy atom. The second-order valence-electron chi connectivity index (χ2n) is 10.5. The van der Waals surface area contributed by atoms with Crippen LogP contribution in [-0.2, 0) is 9.53 Å². The van der Waals surface area contributed by atoms with Gasteiger partial charge in [0.2, 0.25) is 0 Å². The van der Waals surface area contributed by atoms with E-state index in [0.717, 1.165) is 25.2 Å². The van der Waals surface area contributed by atoms with Crippen LogP contribution in [0, 0.1) is 17.8 Å². The van der Waals surface area contributed by atoms with E-state index >= 15 is 0 Å². The molecule has 0 heterocycles. The maximum absolute atomic E-state index is 12.2. The van der Waals surface area contributed by atoms with E-state index in [9.17, 15) is 4.79 Å². The highest BCUT2D eigenvalue weighted by molar-refractivity contribution is 6.87. The lowest BCUT2D eigenvalue weighted by molar-refractivity contribution is -0.164. The van der Waals surface area contributed by atoms with Crippen LogP contribution in [0.25, 0.3) is 0 Å². The molecular formula is C21H42O2Si2. The van der Waals surface area contributed by atoms with E-state index in [4.69, 9.17) is 4.74 Å². The molecule has 0 radical (unpaired) electrons. The molecule has 0 aliphatic heterocycles. The van der Waals surface area contributed by atoms with Crippen molar-refractivity contribution in [2.45, 2.75) is 109 Å². The minimum atomic E-state index is -0.679. The standard InChI is InChI=1S/C14H22O2.C7H20Si2/c1-14(6-2-3-7-14)16-13(15)12-9-10-4-5-11(12)8-10;1-6-9(4,5)7-8(2)3/h10-12H,2-9H2,1H3;8H,6-7H2,1-5H3. The summed E-state index contributed by atoms with van der Waals surface area (Å²) < 4.78 is 5.80. The number of esters is 1. The highest BCUT2D eigenvalue weighted by atomic mass is 28.4. The van der Waals surface area contributed by atoms with Crippen molar-refractivity contribution in [2.75, 3.05) is 0 Å². The quantitative estimate of drug-likeness (QED) is 0.428. The number of hydrogen-bond donors (Lipinski definition) is 0. The van der Waals surface area contributed by atoms with Crippen LogP contribution in [0.2, 0.25) is 37.9 Å². The Hall–Kier alpha value is -0.0962. The molecule has 2 nitrogen and oxygen atoms in total. The molecule has 146 valence electrons. The monoisotopic (exact) mass is 382 g/mol. The fourth-order valence-corrected chi connectivity index (χ4v) is 15.3. The van der Waals surface area contributed by atoms with E-state index in [1.54, 1.807) is 5.67 Å². The van der Waals surface area contributed by atoms with Crippen molar-refractivity contribution in [3.63, 3.8) is 0 Å². The lowest BCUT2D eigenvalue weighted by Gasteiger charge is -2.28. The molecular weight excluding hydrogens is 340 g/mol. The lowest BCUT2D eigenvalue weighted by atomic mass is 9.89. The molecule has 2 bridgehead atoms. The highest BCUT2D eigenvalue weighted by Gasteiger charge is 2.45. The zero-order valence-corrected chi connectivity index (χ0v) is 19.9. The first kappa shape index (κ1) is 21.2. The van der Waals surface area contributed by atoms with Crippen molar-refractivity contribution in [3.8, 4) is 0 Å². The predicted octanol–water partition coefficient (Wildman–Crippen LogP) is 6.04. The fraction of sp³-hybridized carbons (Fsp3) is 0.952. The molecule has 0 spiro atoms. The summed E-state index contributed by atoms with van der Waals surface area (Å²) in [7, 11) is -0.930. The van der Waals surface area contributed by atoms with Gasteiger partial charge in [0, 0.05) is 16.9 Å². The predicted molar refractivity (Wildman–Crippen MR) is 114 cm³/mol. The Kier molecular flexibility index (Phi) is 7.40. The van der Waals surface area contributed by atoms with Crippen molar-refractivity contribution >= 4 is 22.8 Å². The molecule has 3 fully saturated rings. The van der Waals surface area contributed by atoms with E-state index in [1.807, 2.05) is 0 Å².